The third-order valence-electron chi connectivity index (χ3n) is 5.59. The minimum absolute atomic E-state index is 0.0342. The van der Waals surface area contributed by atoms with Gasteiger partial charge in [-0.3, -0.25) is 4.79 Å². The van der Waals surface area contributed by atoms with Crippen LogP contribution in [-0.4, -0.2) is 75.5 Å². The number of sulfonamides is 1. The van der Waals surface area contributed by atoms with Crippen LogP contribution in [0.4, 0.5) is 0 Å². The Morgan fingerprint density at radius 2 is 1.77 bits per heavy atom. The van der Waals surface area contributed by atoms with Gasteiger partial charge in [0.1, 0.15) is 0 Å². The molecule has 0 aliphatic carbocycles. The Bertz CT molecular complexity index is 885. The van der Waals surface area contributed by atoms with Gasteiger partial charge in [-0.15, -0.1) is 0 Å². The molecular weight excluding hydrogens is 408 g/mol. The minimum atomic E-state index is -3.73. The zero-order valence-electron chi connectivity index (χ0n) is 17.8. The molecule has 0 radical (unpaired) electrons. The van der Waals surface area contributed by atoms with Crippen LogP contribution in [0, 0.1) is 18.8 Å². The summed E-state index contributed by atoms with van der Waals surface area (Å²) in [7, 11) is -3.73. The van der Waals surface area contributed by atoms with Gasteiger partial charge in [-0.2, -0.15) is 4.31 Å². The van der Waals surface area contributed by atoms with Gasteiger partial charge in [0.05, 0.1) is 23.7 Å². The first-order valence-corrected chi connectivity index (χ1v) is 11.8. The van der Waals surface area contributed by atoms with Crippen LogP contribution >= 0.6 is 0 Å². The maximum Gasteiger partial charge on any atom is 0.338 e. The number of carbonyl (C=O) groups is 2. The van der Waals surface area contributed by atoms with E-state index in [2.05, 4.69) is 13.8 Å². The Labute approximate surface area is 178 Å². The summed E-state index contributed by atoms with van der Waals surface area (Å²) in [5.74, 6) is -0.0927. The molecule has 1 amide bonds. The third-order valence-corrected chi connectivity index (χ3v) is 7.48. The van der Waals surface area contributed by atoms with Gasteiger partial charge in [0.2, 0.25) is 10.0 Å². The maximum atomic E-state index is 12.9. The Morgan fingerprint density at radius 3 is 2.40 bits per heavy atom. The summed E-state index contributed by atoms with van der Waals surface area (Å²) >= 11 is 0. The second kappa shape index (κ2) is 9.45. The van der Waals surface area contributed by atoms with Crippen LogP contribution in [0.1, 0.15) is 36.2 Å². The Morgan fingerprint density at radius 1 is 1.13 bits per heavy atom. The molecule has 2 unspecified atom stereocenters. The largest absolute Gasteiger partial charge is 0.452 e. The van der Waals surface area contributed by atoms with Gasteiger partial charge in [0, 0.05) is 26.2 Å². The van der Waals surface area contributed by atoms with Crippen molar-refractivity contribution in [2.75, 3.05) is 46.0 Å². The average molecular weight is 439 g/mol. The van der Waals surface area contributed by atoms with Crippen molar-refractivity contribution in [2.45, 2.75) is 32.1 Å². The normalized spacial score (nSPS) is 23.2. The van der Waals surface area contributed by atoms with Crippen molar-refractivity contribution in [1.82, 2.24) is 9.21 Å². The number of carbonyl (C=O) groups excluding carboxylic acids is 2. The van der Waals surface area contributed by atoms with E-state index in [1.165, 1.54) is 16.4 Å². The first-order valence-electron chi connectivity index (χ1n) is 10.3. The highest BCUT2D eigenvalue weighted by atomic mass is 32.2. The summed E-state index contributed by atoms with van der Waals surface area (Å²) in [5.41, 5.74) is 0.742. The summed E-state index contributed by atoms with van der Waals surface area (Å²) in [4.78, 5) is 26.9. The van der Waals surface area contributed by atoms with Crippen molar-refractivity contribution in [2.24, 2.45) is 11.8 Å². The Balaban J connectivity index is 1.68. The van der Waals surface area contributed by atoms with Gasteiger partial charge >= 0.3 is 5.97 Å². The molecule has 8 nitrogen and oxygen atoms in total. The molecule has 2 saturated heterocycles. The van der Waals surface area contributed by atoms with Crippen molar-refractivity contribution in [3.05, 3.63) is 29.3 Å². The fourth-order valence-corrected chi connectivity index (χ4v) is 5.52. The second-order valence-electron chi connectivity index (χ2n) is 8.31. The molecule has 1 aromatic rings. The molecule has 0 bridgehead atoms. The highest BCUT2D eigenvalue weighted by Crippen LogP contribution is 2.22. The van der Waals surface area contributed by atoms with Crippen LogP contribution in [0.25, 0.3) is 0 Å². The van der Waals surface area contributed by atoms with E-state index in [1.54, 1.807) is 17.9 Å². The first-order chi connectivity index (χ1) is 14.2. The molecule has 2 fully saturated rings. The SMILES string of the molecule is Cc1ccc(S(=O)(=O)N2CCOCC2)cc1C(=O)OCC(=O)N1CC(C)CC(C)C1. The molecule has 2 aliphatic heterocycles. The van der Waals surface area contributed by atoms with E-state index in [4.69, 9.17) is 9.47 Å². The van der Waals surface area contributed by atoms with Crippen molar-refractivity contribution in [3.8, 4) is 0 Å². The molecular formula is C21H30N2O6S. The van der Waals surface area contributed by atoms with E-state index in [-0.39, 0.29) is 36.1 Å². The number of nitrogens with zero attached hydrogens (tertiary/aromatic N) is 2. The highest BCUT2D eigenvalue weighted by Gasteiger charge is 2.29. The standard InChI is InChI=1S/C21H30N2O6S/c1-15-10-16(2)13-22(12-15)20(24)14-29-21(25)19-11-18(5-4-17(19)3)30(26,27)23-6-8-28-9-7-23/h4-5,11,15-16H,6-10,12-14H2,1-3H3. The number of benzene rings is 1. The van der Waals surface area contributed by atoms with Gasteiger partial charge < -0.3 is 14.4 Å². The summed E-state index contributed by atoms with van der Waals surface area (Å²) in [6, 6.07) is 4.40. The Hall–Kier alpha value is -1.97. The number of amides is 1. The average Bonchev–Trinajstić information content (AvgIpc) is 2.71. The van der Waals surface area contributed by atoms with E-state index < -0.39 is 16.0 Å². The molecule has 2 heterocycles. The second-order valence-corrected chi connectivity index (χ2v) is 10.3. The lowest BCUT2D eigenvalue weighted by atomic mass is 9.92. The van der Waals surface area contributed by atoms with E-state index in [1.807, 2.05) is 0 Å². The number of hydrogen-bond acceptors (Lipinski definition) is 6. The number of hydrogen-bond donors (Lipinski definition) is 0. The number of piperidine rings is 1. The predicted molar refractivity (Wildman–Crippen MR) is 111 cm³/mol. The topological polar surface area (TPSA) is 93.2 Å². The van der Waals surface area contributed by atoms with Gasteiger partial charge in [0.25, 0.3) is 5.91 Å². The minimum Gasteiger partial charge on any atom is -0.452 e. The van der Waals surface area contributed by atoms with Crippen molar-refractivity contribution < 1.29 is 27.5 Å². The number of ether oxygens (including phenoxy) is 2. The predicted octanol–water partition coefficient (Wildman–Crippen LogP) is 1.68. The zero-order valence-corrected chi connectivity index (χ0v) is 18.6. The molecule has 0 aromatic heterocycles. The molecule has 9 heteroatoms. The van der Waals surface area contributed by atoms with E-state index in [0.717, 1.165) is 6.42 Å². The van der Waals surface area contributed by atoms with Crippen LogP contribution in [0.15, 0.2) is 23.1 Å². The number of morpholine rings is 1. The first kappa shape index (κ1) is 22.7. The van der Waals surface area contributed by atoms with E-state index in [9.17, 15) is 18.0 Å². The lowest BCUT2D eigenvalue weighted by Gasteiger charge is -2.34. The van der Waals surface area contributed by atoms with Crippen LogP contribution in [0.5, 0.6) is 0 Å². The molecule has 166 valence electrons. The highest BCUT2D eigenvalue weighted by molar-refractivity contribution is 7.89. The number of rotatable bonds is 5. The number of aryl methyl sites for hydroxylation is 1. The monoisotopic (exact) mass is 438 g/mol. The van der Waals surface area contributed by atoms with E-state index in [0.29, 0.717) is 43.7 Å². The molecule has 2 aliphatic rings. The van der Waals surface area contributed by atoms with Gasteiger partial charge in [-0.1, -0.05) is 19.9 Å². The van der Waals surface area contributed by atoms with Crippen LogP contribution < -0.4 is 0 Å². The van der Waals surface area contributed by atoms with Crippen molar-refractivity contribution in [3.63, 3.8) is 0 Å². The van der Waals surface area contributed by atoms with Crippen LogP contribution in [0.2, 0.25) is 0 Å². The molecule has 30 heavy (non-hydrogen) atoms. The van der Waals surface area contributed by atoms with Crippen LogP contribution in [0.3, 0.4) is 0 Å². The summed E-state index contributed by atoms with van der Waals surface area (Å²) < 4.78 is 37.5. The summed E-state index contributed by atoms with van der Waals surface area (Å²) in [5, 5.41) is 0. The van der Waals surface area contributed by atoms with Crippen LogP contribution in [-0.2, 0) is 24.3 Å². The fraction of sp³-hybridized carbons (Fsp3) is 0.619. The summed E-state index contributed by atoms with van der Waals surface area (Å²) in [6.45, 7) is 8.12. The third kappa shape index (κ3) is 5.19. The zero-order chi connectivity index (χ0) is 21.9. The van der Waals surface area contributed by atoms with Crippen molar-refractivity contribution in [1.29, 1.82) is 0 Å². The molecule has 2 atom stereocenters. The van der Waals surface area contributed by atoms with Gasteiger partial charge in [-0.25, -0.2) is 13.2 Å². The molecule has 3 rings (SSSR count). The lowest BCUT2D eigenvalue weighted by molar-refractivity contribution is -0.137. The Kier molecular flexibility index (Phi) is 7.15. The summed E-state index contributed by atoms with van der Waals surface area (Å²) in [6.07, 6.45) is 1.08. The number of esters is 1. The van der Waals surface area contributed by atoms with Gasteiger partial charge in [-0.05, 0) is 42.9 Å². The smallest absolute Gasteiger partial charge is 0.338 e. The molecule has 0 saturated carbocycles. The molecule has 0 spiro atoms. The molecule has 1 aromatic carbocycles. The fourth-order valence-electron chi connectivity index (χ4n) is 4.08. The quantitative estimate of drug-likeness (QED) is 0.650. The van der Waals surface area contributed by atoms with E-state index >= 15 is 0 Å². The lowest BCUT2D eigenvalue weighted by Crippen LogP contribution is -2.44. The van der Waals surface area contributed by atoms with Crippen molar-refractivity contribution >= 4 is 21.9 Å². The number of likely N-dealkylation sites (tertiary alicyclic amines) is 1. The van der Waals surface area contributed by atoms with Gasteiger partial charge in [0.15, 0.2) is 6.61 Å². The maximum absolute atomic E-state index is 12.9. The molecule has 0 N–H and O–H groups in total.